The molecule has 2 N–H and O–H groups in total. The van der Waals surface area contributed by atoms with Crippen LogP contribution >= 0.6 is 0 Å². The molecule has 1 aliphatic heterocycles. The molecular weight excluding hydrogens is 262 g/mol. The van der Waals surface area contributed by atoms with Crippen molar-refractivity contribution in [3.63, 3.8) is 0 Å². The number of nitrogen functional groups attached to an aromatic ring is 1. The van der Waals surface area contributed by atoms with E-state index in [0.29, 0.717) is 13.1 Å². The van der Waals surface area contributed by atoms with E-state index in [0.717, 1.165) is 18.5 Å². The number of hydrogen-bond donors (Lipinski definition) is 1. The highest BCUT2D eigenvalue weighted by Crippen LogP contribution is 2.25. The summed E-state index contributed by atoms with van der Waals surface area (Å²) in [5, 5.41) is 10.7. The molecule has 1 aromatic rings. The van der Waals surface area contributed by atoms with E-state index in [1.54, 1.807) is 12.1 Å². The predicted octanol–water partition coefficient (Wildman–Crippen LogP) is 1.17. The Labute approximate surface area is 116 Å². The monoisotopic (exact) mass is 279 g/mol. The minimum absolute atomic E-state index is 0.0809. The number of nitro benzene ring substituents is 1. The topological polar surface area (TPSA) is 98.7 Å². The number of carbonyl (C=O) groups excluding carboxylic acids is 1. The van der Waals surface area contributed by atoms with Crippen molar-refractivity contribution in [2.45, 2.75) is 13.0 Å². The molecule has 1 atom stereocenters. The van der Waals surface area contributed by atoms with Crippen LogP contribution in [0.15, 0.2) is 18.2 Å². The smallest absolute Gasteiger partial charge is 0.310 e. The first-order valence-electron chi connectivity index (χ1n) is 6.34. The average molecular weight is 279 g/mol. The number of rotatable bonds is 4. The van der Waals surface area contributed by atoms with Gasteiger partial charge in [0.1, 0.15) is 5.69 Å². The first kappa shape index (κ1) is 14.3. The van der Waals surface area contributed by atoms with Crippen molar-refractivity contribution >= 4 is 17.3 Å². The van der Waals surface area contributed by atoms with Gasteiger partial charge in [0.25, 0.3) is 5.69 Å². The molecular formula is C13H17N3O4. The number of likely N-dealkylation sites (tertiary alicyclic amines) is 1. The Morgan fingerprint density at radius 3 is 2.95 bits per heavy atom. The SMILES string of the molecule is COC(=O)C1CCN(Cc2ccc([N+](=O)[O-])c(N)c2)C1. The van der Waals surface area contributed by atoms with Crippen LogP contribution in [0.1, 0.15) is 12.0 Å². The number of carbonyl (C=O) groups is 1. The van der Waals surface area contributed by atoms with Crippen molar-refractivity contribution in [2.24, 2.45) is 5.92 Å². The Hall–Kier alpha value is -2.15. The number of benzene rings is 1. The molecule has 0 aliphatic carbocycles. The standard InChI is InChI=1S/C13H17N3O4/c1-20-13(17)10-4-5-15(8-10)7-9-2-3-12(16(18)19)11(14)6-9/h2-3,6,10H,4-5,7-8,14H2,1H3. The highest BCUT2D eigenvalue weighted by molar-refractivity contribution is 5.72. The maximum atomic E-state index is 11.4. The van der Waals surface area contributed by atoms with Gasteiger partial charge in [-0.3, -0.25) is 19.8 Å². The Bertz CT molecular complexity index is 532. The van der Waals surface area contributed by atoms with E-state index in [9.17, 15) is 14.9 Å². The average Bonchev–Trinajstić information content (AvgIpc) is 2.86. The van der Waals surface area contributed by atoms with E-state index in [1.165, 1.54) is 13.2 Å². The quantitative estimate of drug-likeness (QED) is 0.384. The van der Waals surface area contributed by atoms with Gasteiger partial charge in [0, 0.05) is 19.2 Å². The fourth-order valence-corrected chi connectivity index (χ4v) is 2.46. The Morgan fingerprint density at radius 2 is 2.35 bits per heavy atom. The Morgan fingerprint density at radius 1 is 1.60 bits per heavy atom. The van der Waals surface area contributed by atoms with Crippen LogP contribution in [0.3, 0.4) is 0 Å². The number of hydrogen-bond acceptors (Lipinski definition) is 6. The molecule has 20 heavy (non-hydrogen) atoms. The van der Waals surface area contributed by atoms with Crippen LogP contribution in [0, 0.1) is 16.0 Å². The van der Waals surface area contributed by atoms with E-state index < -0.39 is 4.92 Å². The summed E-state index contributed by atoms with van der Waals surface area (Å²) in [6, 6.07) is 4.72. The number of esters is 1. The van der Waals surface area contributed by atoms with Crippen molar-refractivity contribution in [3.05, 3.63) is 33.9 Å². The molecule has 1 aliphatic rings. The number of methoxy groups -OCH3 is 1. The molecule has 0 radical (unpaired) electrons. The van der Waals surface area contributed by atoms with Crippen molar-refractivity contribution in [1.82, 2.24) is 4.90 Å². The maximum absolute atomic E-state index is 11.4. The summed E-state index contributed by atoms with van der Waals surface area (Å²) in [5.74, 6) is -0.272. The van der Waals surface area contributed by atoms with E-state index in [2.05, 4.69) is 4.90 Å². The number of anilines is 1. The van der Waals surface area contributed by atoms with Crippen molar-refractivity contribution < 1.29 is 14.5 Å². The molecule has 108 valence electrons. The van der Waals surface area contributed by atoms with Gasteiger partial charge >= 0.3 is 5.97 Å². The third-order valence-corrected chi connectivity index (χ3v) is 3.50. The summed E-state index contributed by atoms with van der Waals surface area (Å²) in [7, 11) is 1.39. The van der Waals surface area contributed by atoms with Crippen LogP contribution in [-0.4, -0.2) is 36.0 Å². The molecule has 1 fully saturated rings. The molecule has 0 bridgehead atoms. The van der Waals surface area contributed by atoms with Crippen LogP contribution in [0.4, 0.5) is 11.4 Å². The number of ether oxygens (including phenoxy) is 1. The lowest BCUT2D eigenvalue weighted by atomic mass is 10.1. The molecule has 1 saturated heterocycles. The first-order chi connectivity index (χ1) is 9.51. The second-order valence-corrected chi connectivity index (χ2v) is 4.89. The third-order valence-electron chi connectivity index (χ3n) is 3.50. The van der Waals surface area contributed by atoms with E-state index >= 15 is 0 Å². The molecule has 1 aromatic carbocycles. The summed E-state index contributed by atoms with van der Waals surface area (Å²) in [4.78, 5) is 23.7. The predicted molar refractivity (Wildman–Crippen MR) is 72.9 cm³/mol. The van der Waals surface area contributed by atoms with Crippen LogP contribution < -0.4 is 5.73 Å². The third kappa shape index (κ3) is 3.05. The maximum Gasteiger partial charge on any atom is 0.310 e. The van der Waals surface area contributed by atoms with Crippen LogP contribution in [0.5, 0.6) is 0 Å². The van der Waals surface area contributed by atoms with Crippen molar-refractivity contribution in [1.29, 1.82) is 0 Å². The molecule has 0 amide bonds. The minimum Gasteiger partial charge on any atom is -0.469 e. The molecule has 7 heteroatoms. The number of nitro groups is 1. The van der Waals surface area contributed by atoms with Gasteiger partial charge in [-0.25, -0.2) is 0 Å². The van der Waals surface area contributed by atoms with Gasteiger partial charge in [0.2, 0.25) is 0 Å². The highest BCUT2D eigenvalue weighted by Gasteiger charge is 2.29. The summed E-state index contributed by atoms with van der Waals surface area (Å²) >= 11 is 0. The zero-order valence-corrected chi connectivity index (χ0v) is 11.2. The molecule has 0 aromatic heterocycles. The second-order valence-electron chi connectivity index (χ2n) is 4.89. The van der Waals surface area contributed by atoms with Gasteiger partial charge in [-0.1, -0.05) is 6.07 Å². The van der Waals surface area contributed by atoms with Gasteiger partial charge in [0.05, 0.1) is 18.0 Å². The minimum atomic E-state index is -0.498. The normalized spacial score (nSPS) is 18.9. The molecule has 0 saturated carbocycles. The first-order valence-corrected chi connectivity index (χ1v) is 6.34. The Balaban J connectivity index is 2.00. The van der Waals surface area contributed by atoms with Gasteiger partial charge in [-0.15, -0.1) is 0 Å². The summed E-state index contributed by atoms with van der Waals surface area (Å²) in [6.07, 6.45) is 0.773. The van der Waals surface area contributed by atoms with Crippen LogP contribution in [0.2, 0.25) is 0 Å². The molecule has 2 rings (SSSR count). The largest absolute Gasteiger partial charge is 0.469 e. The summed E-state index contributed by atoms with van der Waals surface area (Å²) in [6.45, 7) is 2.07. The van der Waals surface area contributed by atoms with Gasteiger partial charge < -0.3 is 10.5 Å². The highest BCUT2D eigenvalue weighted by atomic mass is 16.6. The lowest BCUT2D eigenvalue weighted by molar-refractivity contribution is -0.383. The zero-order valence-electron chi connectivity index (χ0n) is 11.2. The fraction of sp³-hybridized carbons (Fsp3) is 0.462. The van der Waals surface area contributed by atoms with E-state index in [1.807, 2.05) is 0 Å². The van der Waals surface area contributed by atoms with Crippen LogP contribution in [-0.2, 0) is 16.1 Å². The van der Waals surface area contributed by atoms with Crippen LogP contribution in [0.25, 0.3) is 0 Å². The summed E-state index contributed by atoms with van der Waals surface area (Å²) < 4.78 is 4.73. The zero-order chi connectivity index (χ0) is 14.7. The molecule has 0 spiro atoms. The molecule has 1 heterocycles. The van der Waals surface area contributed by atoms with E-state index in [-0.39, 0.29) is 23.3 Å². The van der Waals surface area contributed by atoms with Gasteiger partial charge in [0.15, 0.2) is 0 Å². The lowest BCUT2D eigenvalue weighted by Crippen LogP contribution is -2.23. The number of nitrogens with two attached hydrogens (primary N) is 1. The second kappa shape index (κ2) is 5.87. The fourth-order valence-electron chi connectivity index (χ4n) is 2.46. The molecule has 1 unspecified atom stereocenters. The van der Waals surface area contributed by atoms with Crippen molar-refractivity contribution in [3.8, 4) is 0 Å². The lowest BCUT2D eigenvalue weighted by Gasteiger charge is -2.15. The Kier molecular flexibility index (Phi) is 4.19. The molecule has 7 nitrogen and oxygen atoms in total. The summed E-state index contributed by atoms with van der Waals surface area (Å²) in [5.41, 5.74) is 6.64. The van der Waals surface area contributed by atoms with Gasteiger partial charge in [-0.05, 0) is 24.6 Å². The van der Waals surface area contributed by atoms with E-state index in [4.69, 9.17) is 10.5 Å². The van der Waals surface area contributed by atoms with Crippen molar-refractivity contribution in [2.75, 3.05) is 25.9 Å². The van der Waals surface area contributed by atoms with Gasteiger partial charge in [-0.2, -0.15) is 0 Å². The number of nitrogens with zero attached hydrogens (tertiary/aromatic N) is 2.